The van der Waals surface area contributed by atoms with Crippen LogP contribution in [0.3, 0.4) is 0 Å². The van der Waals surface area contributed by atoms with E-state index in [1.807, 2.05) is 13.0 Å². The van der Waals surface area contributed by atoms with Crippen LogP contribution in [0.15, 0.2) is 0 Å². The van der Waals surface area contributed by atoms with Crippen molar-refractivity contribution in [3.8, 4) is 6.07 Å². The van der Waals surface area contributed by atoms with Crippen LogP contribution >= 0.6 is 0 Å². The van der Waals surface area contributed by atoms with Gasteiger partial charge in [-0.25, -0.2) is 0 Å². The smallest absolute Gasteiger partial charge is 0.0950 e. The Morgan fingerprint density at radius 2 is 2.44 bits per heavy atom. The van der Waals surface area contributed by atoms with Gasteiger partial charge in [0.1, 0.15) is 0 Å². The zero-order chi connectivity index (χ0) is 7.11. The lowest BCUT2D eigenvalue weighted by molar-refractivity contribution is 0.143. The summed E-state index contributed by atoms with van der Waals surface area (Å²) in [5.41, 5.74) is 5.27. The van der Waals surface area contributed by atoms with Gasteiger partial charge in [-0.2, -0.15) is 5.26 Å². The summed E-state index contributed by atoms with van der Waals surface area (Å²) >= 11 is 0. The maximum absolute atomic E-state index is 8.20. The third kappa shape index (κ3) is 5.28. The normalized spacial score (nSPS) is 12.6. The topological polar surface area (TPSA) is 59.0 Å². The summed E-state index contributed by atoms with van der Waals surface area (Å²) < 4.78 is 4.97. The zero-order valence-electron chi connectivity index (χ0n) is 5.63. The van der Waals surface area contributed by atoms with E-state index in [4.69, 9.17) is 15.7 Å². The molecule has 3 heteroatoms. The Morgan fingerprint density at radius 1 is 1.78 bits per heavy atom. The molecule has 1 atom stereocenters. The maximum Gasteiger partial charge on any atom is 0.0950 e. The first-order valence-electron chi connectivity index (χ1n) is 3.04. The maximum atomic E-state index is 8.20. The Hall–Kier alpha value is -0.590. The van der Waals surface area contributed by atoms with Crippen molar-refractivity contribution in [3.63, 3.8) is 0 Å². The fraction of sp³-hybridized carbons (Fsp3) is 0.833. The van der Waals surface area contributed by atoms with Gasteiger partial charge < -0.3 is 10.5 Å². The second-order valence-electron chi connectivity index (χ2n) is 1.72. The predicted molar refractivity (Wildman–Crippen MR) is 34.7 cm³/mol. The lowest BCUT2D eigenvalue weighted by Crippen LogP contribution is -2.19. The fourth-order valence-electron chi connectivity index (χ4n) is 0.419. The number of hydrogen-bond acceptors (Lipinski definition) is 3. The number of rotatable bonds is 4. The van der Waals surface area contributed by atoms with Crippen LogP contribution < -0.4 is 5.73 Å². The molecule has 0 aromatic carbocycles. The van der Waals surface area contributed by atoms with Crippen molar-refractivity contribution in [2.24, 2.45) is 5.73 Å². The molecule has 0 aliphatic carbocycles. The van der Waals surface area contributed by atoms with Crippen LogP contribution in [0.25, 0.3) is 0 Å². The Balaban J connectivity index is 2.99. The van der Waals surface area contributed by atoms with E-state index in [0.29, 0.717) is 19.6 Å². The summed E-state index contributed by atoms with van der Waals surface area (Å²) in [5, 5.41) is 8.20. The van der Waals surface area contributed by atoms with Crippen molar-refractivity contribution in [2.75, 3.05) is 13.2 Å². The molecule has 0 bridgehead atoms. The van der Waals surface area contributed by atoms with E-state index >= 15 is 0 Å². The number of hydrogen-bond donors (Lipinski definition) is 1. The van der Waals surface area contributed by atoms with Gasteiger partial charge in [0.25, 0.3) is 0 Å². The number of ether oxygens (including phenoxy) is 1. The van der Waals surface area contributed by atoms with Crippen LogP contribution in [0.1, 0.15) is 13.3 Å². The Labute approximate surface area is 55.4 Å². The second-order valence-corrected chi connectivity index (χ2v) is 1.72. The highest BCUT2D eigenvalue weighted by molar-refractivity contribution is 4.85. The van der Waals surface area contributed by atoms with E-state index in [2.05, 4.69) is 0 Å². The highest BCUT2D eigenvalue weighted by Crippen LogP contribution is 1.85. The summed E-state index contributed by atoms with van der Waals surface area (Å²) in [6, 6.07) is 1.56. The zero-order valence-corrected chi connectivity index (χ0v) is 5.63. The third-order valence-electron chi connectivity index (χ3n) is 0.943. The highest BCUT2D eigenvalue weighted by Gasteiger charge is 1.96. The number of nitrogens with zero attached hydrogens (tertiary/aromatic N) is 1. The first-order chi connectivity index (χ1) is 4.31. The molecule has 0 radical (unpaired) electrons. The van der Waals surface area contributed by atoms with Gasteiger partial charge in [0, 0.05) is 13.2 Å². The van der Waals surface area contributed by atoms with Gasteiger partial charge in [0.05, 0.1) is 12.1 Å². The number of nitrogens with two attached hydrogens (primary N) is 1. The van der Waals surface area contributed by atoms with Crippen molar-refractivity contribution in [3.05, 3.63) is 0 Å². The molecular formula is C6H12N2O. The molecule has 1 unspecified atom stereocenters. The summed E-state index contributed by atoms with van der Waals surface area (Å²) in [4.78, 5) is 0. The SMILES string of the molecule is CCOCCC(N)C#N. The van der Waals surface area contributed by atoms with Crippen LogP contribution in [-0.4, -0.2) is 19.3 Å². The molecule has 0 fully saturated rings. The van der Waals surface area contributed by atoms with E-state index in [1.165, 1.54) is 0 Å². The quantitative estimate of drug-likeness (QED) is 0.552. The molecule has 0 aromatic heterocycles. The molecule has 0 aliphatic heterocycles. The van der Waals surface area contributed by atoms with Crippen LogP contribution in [0.5, 0.6) is 0 Å². The minimum atomic E-state index is -0.364. The number of nitriles is 1. The predicted octanol–water partition coefficient (Wildman–Crippen LogP) is 0.264. The Bertz CT molecular complexity index is 97.7. The van der Waals surface area contributed by atoms with E-state index in [9.17, 15) is 0 Å². The molecule has 0 spiro atoms. The minimum Gasteiger partial charge on any atom is -0.382 e. The average Bonchev–Trinajstić information content (AvgIpc) is 1.89. The van der Waals surface area contributed by atoms with Gasteiger partial charge >= 0.3 is 0 Å². The third-order valence-corrected chi connectivity index (χ3v) is 0.943. The fourth-order valence-corrected chi connectivity index (χ4v) is 0.419. The van der Waals surface area contributed by atoms with Gasteiger partial charge in [0.2, 0.25) is 0 Å². The van der Waals surface area contributed by atoms with Crippen molar-refractivity contribution in [1.29, 1.82) is 5.26 Å². The molecule has 0 aromatic rings. The van der Waals surface area contributed by atoms with Crippen LogP contribution in [0.4, 0.5) is 0 Å². The summed E-state index contributed by atoms with van der Waals surface area (Å²) in [6.07, 6.45) is 0.629. The van der Waals surface area contributed by atoms with Gasteiger partial charge in [-0.1, -0.05) is 0 Å². The van der Waals surface area contributed by atoms with Gasteiger partial charge in [-0.3, -0.25) is 0 Å². The summed E-state index contributed by atoms with van der Waals surface area (Å²) in [6.45, 7) is 3.20. The molecule has 0 saturated carbocycles. The van der Waals surface area contributed by atoms with Gasteiger partial charge in [-0.05, 0) is 13.3 Å². The lowest BCUT2D eigenvalue weighted by atomic mass is 10.3. The average molecular weight is 128 g/mol. The molecule has 3 nitrogen and oxygen atoms in total. The summed E-state index contributed by atoms with van der Waals surface area (Å²) in [5.74, 6) is 0. The molecule has 9 heavy (non-hydrogen) atoms. The Kier molecular flexibility index (Phi) is 5.18. The molecule has 0 saturated heterocycles. The Morgan fingerprint density at radius 3 is 2.89 bits per heavy atom. The van der Waals surface area contributed by atoms with E-state index in [-0.39, 0.29) is 6.04 Å². The van der Waals surface area contributed by atoms with E-state index < -0.39 is 0 Å². The lowest BCUT2D eigenvalue weighted by Gasteiger charge is -2.00. The molecule has 0 rings (SSSR count). The van der Waals surface area contributed by atoms with E-state index in [0.717, 1.165) is 0 Å². The standard InChI is InChI=1S/C6H12N2O/c1-2-9-4-3-6(8)5-7/h6H,2-4,8H2,1H3. The second kappa shape index (κ2) is 5.54. The van der Waals surface area contributed by atoms with E-state index in [1.54, 1.807) is 0 Å². The molecule has 2 N–H and O–H groups in total. The van der Waals surface area contributed by atoms with Crippen LogP contribution in [0, 0.1) is 11.3 Å². The van der Waals surface area contributed by atoms with Gasteiger partial charge in [-0.15, -0.1) is 0 Å². The van der Waals surface area contributed by atoms with Crippen molar-refractivity contribution in [2.45, 2.75) is 19.4 Å². The molecule has 52 valence electrons. The first-order valence-corrected chi connectivity index (χ1v) is 3.04. The molecule has 0 heterocycles. The molecule has 0 aliphatic rings. The molecular weight excluding hydrogens is 116 g/mol. The highest BCUT2D eigenvalue weighted by atomic mass is 16.5. The van der Waals surface area contributed by atoms with Crippen molar-refractivity contribution >= 4 is 0 Å². The first kappa shape index (κ1) is 8.41. The molecule has 0 amide bonds. The van der Waals surface area contributed by atoms with Crippen molar-refractivity contribution in [1.82, 2.24) is 0 Å². The van der Waals surface area contributed by atoms with Crippen LogP contribution in [-0.2, 0) is 4.74 Å². The monoisotopic (exact) mass is 128 g/mol. The minimum absolute atomic E-state index is 0.364. The van der Waals surface area contributed by atoms with Gasteiger partial charge in [0.15, 0.2) is 0 Å². The van der Waals surface area contributed by atoms with Crippen LogP contribution in [0.2, 0.25) is 0 Å². The van der Waals surface area contributed by atoms with Crippen molar-refractivity contribution < 1.29 is 4.74 Å². The largest absolute Gasteiger partial charge is 0.382 e. The summed E-state index contributed by atoms with van der Waals surface area (Å²) in [7, 11) is 0.